The first-order valence-corrected chi connectivity index (χ1v) is 8.00. The molecule has 0 saturated heterocycles. The van der Waals surface area contributed by atoms with Crippen LogP contribution in [0, 0.1) is 22.9 Å². The Bertz CT molecular complexity index is 592. The lowest BCUT2D eigenvalue weighted by molar-refractivity contribution is -0.385. The normalized spacial score (nSPS) is 13.5. The number of nitrogens with one attached hydrogen (secondary N) is 1. The number of amides is 1. The van der Waals surface area contributed by atoms with Crippen LogP contribution in [0.1, 0.15) is 29.3 Å². The van der Waals surface area contributed by atoms with Crippen molar-refractivity contribution in [3.05, 3.63) is 39.2 Å². The molecule has 0 aromatic heterocycles. The number of carbonyl (C=O) groups is 1. The maximum absolute atomic E-state index is 13.9. The van der Waals surface area contributed by atoms with Gasteiger partial charge in [0, 0.05) is 41.0 Å². The Balaban J connectivity index is 2.91. The predicted molar refractivity (Wildman–Crippen MR) is 78.3 cm³/mol. The Morgan fingerprint density at radius 2 is 2.14 bits per heavy atom. The van der Waals surface area contributed by atoms with Gasteiger partial charge >= 0.3 is 0 Å². The summed E-state index contributed by atoms with van der Waals surface area (Å²) in [5.41, 5.74) is -0.649. The smallest absolute Gasteiger partial charge is 0.270 e. The molecule has 116 valence electrons. The highest BCUT2D eigenvalue weighted by atomic mass is 32.2. The first-order valence-electron chi connectivity index (χ1n) is 6.27. The zero-order valence-corrected chi connectivity index (χ0v) is 12.8. The Hall–Kier alpha value is -1.83. The number of halogens is 1. The summed E-state index contributed by atoms with van der Waals surface area (Å²) in [6.07, 6.45) is 2.03. The highest BCUT2D eigenvalue weighted by molar-refractivity contribution is 7.84. The van der Waals surface area contributed by atoms with Crippen LogP contribution in [0.3, 0.4) is 0 Å². The zero-order valence-electron chi connectivity index (χ0n) is 12.0. The third-order valence-corrected chi connectivity index (χ3v) is 3.72. The Kier molecular flexibility index (Phi) is 5.95. The van der Waals surface area contributed by atoms with E-state index >= 15 is 0 Å². The lowest BCUT2D eigenvalue weighted by atomic mass is 10.1. The molecular weight excluding hydrogens is 299 g/mol. The second-order valence-corrected chi connectivity index (χ2v) is 6.38. The number of aryl methyl sites for hydroxylation is 1. The fourth-order valence-electron chi connectivity index (χ4n) is 1.74. The molecule has 0 aliphatic heterocycles. The average molecular weight is 316 g/mol. The number of benzene rings is 1. The minimum atomic E-state index is -0.978. The first-order chi connectivity index (χ1) is 9.72. The number of hydrogen-bond donors (Lipinski definition) is 1. The molecule has 0 spiro atoms. The van der Waals surface area contributed by atoms with Gasteiger partial charge in [0.15, 0.2) is 0 Å². The van der Waals surface area contributed by atoms with Crippen LogP contribution in [0.15, 0.2) is 12.1 Å². The van der Waals surface area contributed by atoms with Crippen LogP contribution >= 0.6 is 0 Å². The molecule has 1 rings (SSSR count). The highest BCUT2D eigenvalue weighted by Gasteiger charge is 2.20. The van der Waals surface area contributed by atoms with Crippen LogP contribution in [0.25, 0.3) is 0 Å². The quantitative estimate of drug-likeness (QED) is 0.641. The van der Waals surface area contributed by atoms with Crippen molar-refractivity contribution in [2.75, 3.05) is 12.0 Å². The van der Waals surface area contributed by atoms with E-state index in [0.717, 1.165) is 12.1 Å². The molecule has 0 heterocycles. The van der Waals surface area contributed by atoms with Crippen molar-refractivity contribution in [1.29, 1.82) is 0 Å². The molecule has 0 radical (unpaired) electrons. The SMILES string of the molecule is Cc1cc([N+](=O)[O-])cc(C(=O)NC(C)CCS(C)=O)c1F. The van der Waals surface area contributed by atoms with E-state index in [2.05, 4.69) is 5.32 Å². The fraction of sp³-hybridized carbons (Fsp3) is 0.462. The number of rotatable bonds is 6. The van der Waals surface area contributed by atoms with Crippen LogP contribution < -0.4 is 5.32 Å². The van der Waals surface area contributed by atoms with E-state index in [0.29, 0.717) is 12.2 Å². The van der Waals surface area contributed by atoms with Crippen LogP contribution in [0.2, 0.25) is 0 Å². The number of hydrogen-bond acceptors (Lipinski definition) is 4. The maximum atomic E-state index is 13.9. The lowest BCUT2D eigenvalue weighted by Gasteiger charge is -2.14. The van der Waals surface area contributed by atoms with Crippen molar-refractivity contribution in [1.82, 2.24) is 5.32 Å². The molecule has 0 fully saturated rings. The van der Waals surface area contributed by atoms with Gasteiger partial charge in [0.2, 0.25) is 0 Å². The molecule has 6 nitrogen and oxygen atoms in total. The average Bonchev–Trinajstić information content (AvgIpc) is 2.38. The summed E-state index contributed by atoms with van der Waals surface area (Å²) >= 11 is 0. The Morgan fingerprint density at radius 3 is 2.67 bits per heavy atom. The molecular formula is C13H17FN2O4S. The minimum absolute atomic E-state index is 0.0386. The van der Waals surface area contributed by atoms with Crippen molar-refractivity contribution in [3.63, 3.8) is 0 Å². The van der Waals surface area contributed by atoms with Gasteiger partial charge in [-0.3, -0.25) is 19.1 Å². The largest absolute Gasteiger partial charge is 0.349 e. The topological polar surface area (TPSA) is 89.3 Å². The zero-order chi connectivity index (χ0) is 16.2. The van der Waals surface area contributed by atoms with E-state index in [1.165, 1.54) is 6.92 Å². The summed E-state index contributed by atoms with van der Waals surface area (Å²) in [6, 6.07) is 1.69. The van der Waals surface area contributed by atoms with Crippen molar-refractivity contribution >= 4 is 22.4 Å². The van der Waals surface area contributed by atoms with Gasteiger partial charge in [-0.25, -0.2) is 4.39 Å². The summed E-state index contributed by atoms with van der Waals surface area (Å²) < 4.78 is 24.9. The number of carbonyl (C=O) groups excluding carboxylic acids is 1. The molecule has 2 unspecified atom stereocenters. The van der Waals surface area contributed by atoms with Gasteiger partial charge in [-0.15, -0.1) is 0 Å². The lowest BCUT2D eigenvalue weighted by Crippen LogP contribution is -2.34. The van der Waals surface area contributed by atoms with Gasteiger partial charge in [0.1, 0.15) is 5.82 Å². The van der Waals surface area contributed by atoms with E-state index < -0.39 is 27.4 Å². The number of nitro groups is 1. The van der Waals surface area contributed by atoms with E-state index in [4.69, 9.17) is 0 Å². The van der Waals surface area contributed by atoms with E-state index in [1.807, 2.05) is 0 Å². The molecule has 1 aromatic carbocycles. The van der Waals surface area contributed by atoms with Crippen LogP contribution in [-0.4, -0.2) is 33.1 Å². The van der Waals surface area contributed by atoms with Crippen LogP contribution in [0.4, 0.5) is 10.1 Å². The second kappa shape index (κ2) is 7.26. The molecule has 0 bridgehead atoms. The third kappa shape index (κ3) is 4.89. The summed E-state index contributed by atoms with van der Waals surface area (Å²) in [5, 5.41) is 13.3. The molecule has 21 heavy (non-hydrogen) atoms. The standard InChI is InChI=1S/C13H17FN2O4S/c1-8-6-10(16(18)19)7-11(12(8)14)13(17)15-9(2)4-5-21(3)20/h6-7,9H,4-5H2,1-3H3,(H,15,17). The molecule has 2 atom stereocenters. The fourth-order valence-corrected chi connectivity index (χ4v) is 2.42. The predicted octanol–water partition coefficient (Wildman–Crippen LogP) is 1.93. The number of nitrogens with zero attached hydrogens (tertiary/aromatic N) is 1. The monoisotopic (exact) mass is 316 g/mol. The summed E-state index contributed by atoms with van der Waals surface area (Å²) in [5.74, 6) is -1.07. The highest BCUT2D eigenvalue weighted by Crippen LogP contribution is 2.21. The Labute approximate surface area is 124 Å². The molecule has 1 amide bonds. The summed E-state index contributed by atoms with van der Waals surface area (Å²) in [6.45, 7) is 3.07. The minimum Gasteiger partial charge on any atom is -0.349 e. The van der Waals surface area contributed by atoms with E-state index in [1.54, 1.807) is 13.2 Å². The summed E-state index contributed by atoms with van der Waals surface area (Å²) in [4.78, 5) is 22.1. The molecule has 8 heteroatoms. The second-order valence-electron chi connectivity index (χ2n) is 4.82. The molecule has 0 saturated carbocycles. The van der Waals surface area contributed by atoms with Crippen LogP contribution in [0.5, 0.6) is 0 Å². The van der Waals surface area contributed by atoms with Gasteiger partial charge in [-0.2, -0.15) is 0 Å². The third-order valence-electron chi connectivity index (χ3n) is 2.91. The van der Waals surface area contributed by atoms with Crippen LogP contribution in [-0.2, 0) is 10.8 Å². The van der Waals surface area contributed by atoms with Gasteiger partial charge in [0.25, 0.3) is 11.6 Å². The molecule has 1 N–H and O–H groups in total. The number of non-ortho nitro benzene ring substituents is 1. The van der Waals surface area contributed by atoms with Gasteiger partial charge in [-0.1, -0.05) is 0 Å². The van der Waals surface area contributed by atoms with Crippen molar-refractivity contribution in [2.24, 2.45) is 0 Å². The van der Waals surface area contributed by atoms with Gasteiger partial charge in [0.05, 0.1) is 10.5 Å². The maximum Gasteiger partial charge on any atom is 0.270 e. The Morgan fingerprint density at radius 1 is 1.52 bits per heavy atom. The van der Waals surface area contributed by atoms with Crippen molar-refractivity contribution < 1.29 is 18.3 Å². The van der Waals surface area contributed by atoms with Gasteiger partial charge < -0.3 is 5.32 Å². The molecule has 1 aromatic rings. The number of nitro benzene ring substituents is 1. The van der Waals surface area contributed by atoms with E-state index in [-0.39, 0.29) is 22.9 Å². The van der Waals surface area contributed by atoms with E-state index in [9.17, 15) is 23.5 Å². The summed E-state index contributed by atoms with van der Waals surface area (Å²) in [7, 11) is -0.978. The van der Waals surface area contributed by atoms with Crippen molar-refractivity contribution in [3.8, 4) is 0 Å². The molecule has 0 aliphatic carbocycles. The van der Waals surface area contributed by atoms with Crippen molar-refractivity contribution in [2.45, 2.75) is 26.3 Å². The molecule has 0 aliphatic rings. The first kappa shape index (κ1) is 17.2. The van der Waals surface area contributed by atoms with Gasteiger partial charge in [-0.05, 0) is 25.8 Å².